The number of anilines is 3. The summed E-state index contributed by atoms with van der Waals surface area (Å²) in [5.74, 6) is 0.479. The first-order valence-corrected chi connectivity index (χ1v) is 6.95. The van der Waals surface area contributed by atoms with Crippen LogP contribution in [0.2, 0.25) is 0 Å². The molecule has 0 aliphatic heterocycles. The van der Waals surface area contributed by atoms with Crippen molar-refractivity contribution in [3.8, 4) is 11.5 Å². The third kappa shape index (κ3) is 2.08. The molecule has 0 bridgehead atoms. The van der Waals surface area contributed by atoms with Gasteiger partial charge in [0.05, 0.1) is 0 Å². The molecule has 1 aromatic heterocycles. The molecular weight excluding hydrogens is 294 g/mol. The number of aromatic nitrogens is 1. The van der Waals surface area contributed by atoms with Crippen molar-refractivity contribution in [2.24, 2.45) is 0 Å². The Bertz CT molecular complexity index is 1070. The van der Waals surface area contributed by atoms with E-state index in [1.54, 1.807) is 18.2 Å². The van der Waals surface area contributed by atoms with E-state index in [1.165, 1.54) is 0 Å². The lowest BCUT2D eigenvalue weighted by atomic mass is 10.1. The minimum atomic E-state index is -0.650. The van der Waals surface area contributed by atoms with E-state index in [1.807, 2.05) is 30.3 Å². The molecule has 112 valence electrons. The summed E-state index contributed by atoms with van der Waals surface area (Å²) in [6.07, 6.45) is 0. The zero-order valence-electron chi connectivity index (χ0n) is 11.9. The molecule has 0 fully saturated rings. The van der Waals surface area contributed by atoms with Crippen LogP contribution in [0.4, 0.5) is 17.1 Å². The van der Waals surface area contributed by atoms with Crippen LogP contribution in [0, 0.1) is 0 Å². The summed E-state index contributed by atoms with van der Waals surface area (Å²) in [5, 5.41) is 2.87. The van der Waals surface area contributed by atoms with E-state index in [0.717, 1.165) is 11.1 Å². The number of nitrogens with two attached hydrogens (primary N) is 1. The molecule has 4 aromatic rings. The number of nitrogens with zero attached hydrogens (tertiary/aromatic N) is 1. The standard InChI is InChI=1S/C17H11N3O3/c18-13-14(16(22)15(13)21)19-10-5-3-4-9(8-10)17-20-11-6-1-2-7-12(11)23-17/h1-8,19H,18H2. The maximum Gasteiger partial charge on any atom is 0.253 e. The average Bonchev–Trinajstić information content (AvgIpc) is 3.03. The van der Waals surface area contributed by atoms with Gasteiger partial charge in [-0.05, 0) is 30.3 Å². The normalized spacial score (nSPS) is 11.1. The molecule has 0 radical (unpaired) electrons. The molecule has 0 spiro atoms. The Morgan fingerprint density at radius 2 is 1.83 bits per heavy atom. The van der Waals surface area contributed by atoms with E-state index in [-0.39, 0.29) is 11.4 Å². The molecule has 0 saturated carbocycles. The van der Waals surface area contributed by atoms with Gasteiger partial charge in [-0.1, -0.05) is 18.2 Å². The second kappa shape index (κ2) is 4.81. The van der Waals surface area contributed by atoms with Gasteiger partial charge >= 0.3 is 0 Å². The number of benzene rings is 2. The van der Waals surface area contributed by atoms with Crippen LogP contribution < -0.4 is 21.9 Å². The molecule has 3 aromatic carbocycles. The van der Waals surface area contributed by atoms with Crippen molar-refractivity contribution in [2.75, 3.05) is 11.1 Å². The van der Waals surface area contributed by atoms with E-state index in [0.29, 0.717) is 17.2 Å². The van der Waals surface area contributed by atoms with E-state index >= 15 is 0 Å². The van der Waals surface area contributed by atoms with Gasteiger partial charge in [-0.2, -0.15) is 0 Å². The Balaban J connectivity index is 1.71. The molecule has 6 heteroatoms. The predicted molar refractivity (Wildman–Crippen MR) is 88.5 cm³/mol. The highest BCUT2D eigenvalue weighted by molar-refractivity contribution is 5.79. The number of hydrogen-bond acceptors (Lipinski definition) is 6. The fourth-order valence-corrected chi connectivity index (χ4v) is 2.40. The summed E-state index contributed by atoms with van der Waals surface area (Å²) in [4.78, 5) is 27.0. The van der Waals surface area contributed by atoms with Crippen LogP contribution in [-0.2, 0) is 0 Å². The van der Waals surface area contributed by atoms with Crippen LogP contribution in [0.1, 0.15) is 0 Å². The molecular formula is C17H11N3O3. The van der Waals surface area contributed by atoms with Gasteiger partial charge in [-0.25, -0.2) is 4.98 Å². The highest BCUT2D eigenvalue weighted by Gasteiger charge is 2.18. The lowest BCUT2D eigenvalue weighted by Crippen LogP contribution is -2.36. The summed E-state index contributed by atoms with van der Waals surface area (Å²) >= 11 is 0. The van der Waals surface area contributed by atoms with Crippen molar-refractivity contribution in [1.82, 2.24) is 4.98 Å². The van der Waals surface area contributed by atoms with Crippen LogP contribution in [0.25, 0.3) is 22.6 Å². The highest BCUT2D eigenvalue weighted by atomic mass is 16.3. The Morgan fingerprint density at radius 1 is 1.00 bits per heavy atom. The average molecular weight is 305 g/mol. The minimum Gasteiger partial charge on any atom is -0.436 e. The van der Waals surface area contributed by atoms with Crippen molar-refractivity contribution >= 4 is 28.2 Å². The second-order valence-electron chi connectivity index (χ2n) is 5.14. The van der Waals surface area contributed by atoms with Crippen LogP contribution in [0.15, 0.2) is 62.5 Å². The van der Waals surface area contributed by atoms with Gasteiger partial charge in [0.15, 0.2) is 5.58 Å². The molecule has 4 rings (SSSR count). The topological polar surface area (TPSA) is 98.2 Å². The van der Waals surface area contributed by atoms with Gasteiger partial charge in [0.1, 0.15) is 16.9 Å². The predicted octanol–water partition coefficient (Wildman–Crippen LogP) is 2.42. The number of rotatable bonds is 3. The van der Waals surface area contributed by atoms with E-state index in [9.17, 15) is 9.59 Å². The van der Waals surface area contributed by atoms with Crippen molar-refractivity contribution < 1.29 is 4.42 Å². The van der Waals surface area contributed by atoms with Gasteiger partial charge in [-0.3, -0.25) is 9.59 Å². The van der Waals surface area contributed by atoms with Crippen molar-refractivity contribution in [1.29, 1.82) is 0 Å². The van der Waals surface area contributed by atoms with Crippen LogP contribution in [0.5, 0.6) is 0 Å². The quantitative estimate of drug-likeness (QED) is 0.564. The first-order chi connectivity index (χ1) is 11.1. The van der Waals surface area contributed by atoms with Crippen molar-refractivity contribution in [2.45, 2.75) is 0 Å². The number of para-hydroxylation sites is 2. The third-order valence-corrected chi connectivity index (χ3v) is 3.62. The van der Waals surface area contributed by atoms with Gasteiger partial charge in [0.2, 0.25) is 5.89 Å². The van der Waals surface area contributed by atoms with Crippen LogP contribution >= 0.6 is 0 Å². The van der Waals surface area contributed by atoms with Crippen LogP contribution in [0.3, 0.4) is 0 Å². The molecule has 0 amide bonds. The number of fused-ring (bicyclic) bond motifs is 1. The molecule has 1 heterocycles. The lowest BCUT2D eigenvalue weighted by Gasteiger charge is -2.10. The van der Waals surface area contributed by atoms with Gasteiger partial charge in [0, 0.05) is 11.3 Å². The van der Waals surface area contributed by atoms with E-state index < -0.39 is 10.9 Å². The number of nitrogen functional groups attached to an aromatic ring is 1. The lowest BCUT2D eigenvalue weighted by molar-refractivity contribution is 0.620. The maximum atomic E-state index is 11.5. The van der Waals surface area contributed by atoms with Gasteiger partial charge < -0.3 is 15.5 Å². The zero-order chi connectivity index (χ0) is 16.0. The second-order valence-corrected chi connectivity index (χ2v) is 5.14. The molecule has 0 aliphatic carbocycles. The Kier molecular flexibility index (Phi) is 2.77. The Labute approximate surface area is 129 Å². The first-order valence-electron chi connectivity index (χ1n) is 6.95. The van der Waals surface area contributed by atoms with Gasteiger partial charge in [0.25, 0.3) is 10.9 Å². The van der Waals surface area contributed by atoms with Crippen molar-refractivity contribution in [3.63, 3.8) is 0 Å². The summed E-state index contributed by atoms with van der Waals surface area (Å²) in [7, 11) is 0. The third-order valence-electron chi connectivity index (χ3n) is 3.62. The fraction of sp³-hybridized carbons (Fsp3) is 0. The molecule has 0 unspecified atom stereocenters. The summed E-state index contributed by atoms with van der Waals surface area (Å²) in [5.41, 5.74) is 7.21. The number of hydrogen-bond donors (Lipinski definition) is 2. The highest BCUT2D eigenvalue weighted by Crippen LogP contribution is 2.27. The largest absolute Gasteiger partial charge is 0.436 e. The van der Waals surface area contributed by atoms with Crippen molar-refractivity contribution in [3.05, 3.63) is 69.0 Å². The SMILES string of the molecule is Nc1c(Nc2cccc(-c3nc4ccccc4o3)c2)c(=O)c1=O. The smallest absolute Gasteiger partial charge is 0.253 e. The monoisotopic (exact) mass is 305 g/mol. The number of nitrogens with one attached hydrogen (secondary N) is 1. The molecule has 6 nitrogen and oxygen atoms in total. The van der Waals surface area contributed by atoms with E-state index in [4.69, 9.17) is 10.2 Å². The minimum absolute atomic E-state index is 0.0396. The summed E-state index contributed by atoms with van der Waals surface area (Å²) in [6.45, 7) is 0. The zero-order valence-corrected chi connectivity index (χ0v) is 11.9. The van der Waals surface area contributed by atoms with Crippen LogP contribution in [-0.4, -0.2) is 4.98 Å². The van der Waals surface area contributed by atoms with Gasteiger partial charge in [-0.15, -0.1) is 0 Å². The maximum absolute atomic E-state index is 11.5. The Morgan fingerprint density at radius 3 is 2.61 bits per heavy atom. The molecule has 0 atom stereocenters. The molecule has 23 heavy (non-hydrogen) atoms. The summed E-state index contributed by atoms with van der Waals surface area (Å²) < 4.78 is 5.72. The Hall–Kier alpha value is -3.41. The molecule has 3 N–H and O–H groups in total. The summed E-state index contributed by atoms with van der Waals surface area (Å²) in [6, 6.07) is 14.7. The first kappa shape index (κ1) is 13.3. The van der Waals surface area contributed by atoms with E-state index in [2.05, 4.69) is 10.3 Å². The fourth-order valence-electron chi connectivity index (χ4n) is 2.40. The molecule has 0 aliphatic rings. The molecule has 0 saturated heterocycles. The number of oxazole rings is 1.